The minimum Gasteiger partial charge on any atom is -0.484 e. The Morgan fingerprint density at radius 3 is 2.47 bits per heavy atom. The lowest BCUT2D eigenvalue weighted by atomic mass is 10.1. The molecule has 7 heteroatoms. The van der Waals surface area contributed by atoms with E-state index in [0.717, 1.165) is 18.4 Å². The van der Waals surface area contributed by atoms with Gasteiger partial charge in [-0.1, -0.05) is 60.3 Å². The molecule has 0 aliphatic rings. The zero-order chi connectivity index (χ0) is 22.1. The summed E-state index contributed by atoms with van der Waals surface area (Å²) in [6.45, 7) is 6.30. The third-order valence-corrected chi connectivity index (χ3v) is 5.32. The molecular formula is C23H28Cl2N2O3. The van der Waals surface area contributed by atoms with Crippen LogP contribution >= 0.6 is 23.2 Å². The van der Waals surface area contributed by atoms with Crippen LogP contribution < -0.4 is 10.1 Å². The molecule has 0 unspecified atom stereocenters. The van der Waals surface area contributed by atoms with Crippen LogP contribution in [-0.2, 0) is 16.1 Å². The van der Waals surface area contributed by atoms with E-state index in [1.165, 1.54) is 4.90 Å². The zero-order valence-corrected chi connectivity index (χ0v) is 19.1. The van der Waals surface area contributed by atoms with Crippen LogP contribution in [0.1, 0.15) is 37.8 Å². The number of hydrogen-bond donors (Lipinski definition) is 1. The summed E-state index contributed by atoms with van der Waals surface area (Å²) in [6.07, 6.45) is 1.86. The quantitative estimate of drug-likeness (QED) is 0.517. The molecule has 2 aromatic carbocycles. The summed E-state index contributed by atoms with van der Waals surface area (Å²) in [5.41, 5.74) is 1.81. The Bertz CT molecular complexity index is 856. The van der Waals surface area contributed by atoms with Crippen molar-refractivity contribution in [2.75, 3.05) is 13.2 Å². The number of nitrogens with one attached hydrogen (secondary N) is 1. The second-order valence-electron chi connectivity index (χ2n) is 7.18. The first-order valence-corrected chi connectivity index (χ1v) is 10.8. The molecule has 0 heterocycles. The first-order chi connectivity index (χ1) is 14.3. The van der Waals surface area contributed by atoms with Crippen molar-refractivity contribution in [3.63, 3.8) is 0 Å². The fraction of sp³-hybridized carbons (Fsp3) is 0.391. The van der Waals surface area contributed by atoms with Gasteiger partial charge in [0.2, 0.25) is 5.91 Å². The molecule has 0 aromatic heterocycles. The fourth-order valence-electron chi connectivity index (χ4n) is 2.81. The highest BCUT2D eigenvalue weighted by molar-refractivity contribution is 6.35. The van der Waals surface area contributed by atoms with Gasteiger partial charge in [-0.2, -0.15) is 0 Å². The van der Waals surface area contributed by atoms with Crippen molar-refractivity contribution in [3.05, 3.63) is 63.6 Å². The number of carbonyl (C=O) groups is 2. The summed E-state index contributed by atoms with van der Waals surface area (Å²) < 4.78 is 5.64. The number of ether oxygens (including phenoxy) is 1. The van der Waals surface area contributed by atoms with E-state index in [2.05, 4.69) is 12.2 Å². The molecule has 2 rings (SSSR count). The number of rotatable bonds is 10. The third kappa shape index (κ3) is 7.22. The van der Waals surface area contributed by atoms with E-state index in [4.69, 9.17) is 27.9 Å². The SMILES string of the molecule is CCCCNC(=O)[C@H](C)N(Cc1ccc(Cl)cc1Cl)C(=O)COc1ccc(C)cc1. The average molecular weight is 451 g/mol. The van der Waals surface area contributed by atoms with Crippen LogP contribution in [0.5, 0.6) is 5.75 Å². The molecule has 5 nitrogen and oxygen atoms in total. The van der Waals surface area contributed by atoms with Crippen LogP contribution in [0.15, 0.2) is 42.5 Å². The summed E-state index contributed by atoms with van der Waals surface area (Å²) in [6, 6.07) is 11.9. The molecule has 0 spiro atoms. The Labute approximate surface area is 188 Å². The molecule has 1 atom stereocenters. The molecule has 2 aromatic rings. The third-order valence-electron chi connectivity index (χ3n) is 4.74. The van der Waals surface area contributed by atoms with E-state index in [9.17, 15) is 9.59 Å². The second-order valence-corrected chi connectivity index (χ2v) is 8.02. The Morgan fingerprint density at radius 1 is 1.13 bits per heavy atom. The molecule has 0 aliphatic heterocycles. The molecule has 2 amide bonds. The molecular weight excluding hydrogens is 423 g/mol. The summed E-state index contributed by atoms with van der Waals surface area (Å²) in [5, 5.41) is 3.83. The molecule has 1 N–H and O–H groups in total. The number of halogens is 2. The second kappa shape index (κ2) is 11.8. The highest BCUT2D eigenvalue weighted by Gasteiger charge is 2.27. The lowest BCUT2D eigenvalue weighted by Crippen LogP contribution is -2.49. The van der Waals surface area contributed by atoms with Crippen molar-refractivity contribution in [1.29, 1.82) is 0 Å². The molecule has 162 valence electrons. The van der Waals surface area contributed by atoms with Crippen molar-refractivity contribution in [1.82, 2.24) is 10.2 Å². The van der Waals surface area contributed by atoms with Crippen LogP contribution in [0.25, 0.3) is 0 Å². The van der Waals surface area contributed by atoms with Gasteiger partial charge in [0.05, 0.1) is 0 Å². The number of carbonyl (C=O) groups excluding carboxylic acids is 2. The molecule has 0 fully saturated rings. The number of hydrogen-bond acceptors (Lipinski definition) is 3. The number of benzene rings is 2. The molecule has 0 saturated carbocycles. The number of unbranched alkanes of at least 4 members (excludes halogenated alkanes) is 1. The maximum Gasteiger partial charge on any atom is 0.261 e. The van der Waals surface area contributed by atoms with E-state index >= 15 is 0 Å². The first kappa shape index (κ1) is 24.0. The van der Waals surface area contributed by atoms with Gasteiger partial charge in [-0.3, -0.25) is 9.59 Å². The smallest absolute Gasteiger partial charge is 0.261 e. The molecule has 0 bridgehead atoms. The van der Waals surface area contributed by atoms with Crippen LogP contribution in [0.4, 0.5) is 0 Å². The summed E-state index contributed by atoms with van der Waals surface area (Å²) in [7, 11) is 0. The highest BCUT2D eigenvalue weighted by atomic mass is 35.5. The average Bonchev–Trinajstić information content (AvgIpc) is 2.72. The maximum absolute atomic E-state index is 13.0. The van der Waals surface area contributed by atoms with Gasteiger partial charge in [0.1, 0.15) is 11.8 Å². The Balaban J connectivity index is 2.14. The standard InChI is InChI=1S/C23H28Cl2N2O3/c1-4-5-12-26-23(29)17(3)27(14-18-8-9-19(24)13-21(18)25)22(28)15-30-20-10-6-16(2)7-11-20/h6-11,13,17H,4-5,12,14-15H2,1-3H3,(H,26,29)/t17-/m0/s1. The van der Waals surface area contributed by atoms with Crippen molar-refractivity contribution in [2.24, 2.45) is 0 Å². The molecule has 30 heavy (non-hydrogen) atoms. The van der Waals surface area contributed by atoms with E-state index in [0.29, 0.717) is 27.9 Å². The topological polar surface area (TPSA) is 58.6 Å². The van der Waals surface area contributed by atoms with E-state index < -0.39 is 6.04 Å². The van der Waals surface area contributed by atoms with Crippen LogP contribution in [0.3, 0.4) is 0 Å². The lowest BCUT2D eigenvalue weighted by molar-refractivity contribution is -0.142. The normalized spacial score (nSPS) is 11.6. The van der Waals surface area contributed by atoms with E-state index in [1.807, 2.05) is 31.2 Å². The van der Waals surface area contributed by atoms with Crippen molar-refractivity contribution in [2.45, 2.75) is 46.2 Å². The van der Waals surface area contributed by atoms with Crippen molar-refractivity contribution >= 4 is 35.0 Å². The molecule has 0 saturated heterocycles. The summed E-state index contributed by atoms with van der Waals surface area (Å²) >= 11 is 12.3. The predicted octanol–water partition coefficient (Wildman–Crippen LogP) is 5.01. The highest BCUT2D eigenvalue weighted by Crippen LogP contribution is 2.23. The van der Waals surface area contributed by atoms with Crippen molar-refractivity contribution in [3.8, 4) is 5.75 Å². The number of aryl methyl sites for hydroxylation is 1. The Morgan fingerprint density at radius 2 is 1.83 bits per heavy atom. The van der Waals surface area contributed by atoms with Crippen LogP contribution in [-0.4, -0.2) is 35.9 Å². The first-order valence-electron chi connectivity index (χ1n) is 10.0. The van der Waals surface area contributed by atoms with Gasteiger partial charge in [0.15, 0.2) is 6.61 Å². The van der Waals surface area contributed by atoms with Gasteiger partial charge in [-0.15, -0.1) is 0 Å². The molecule has 0 aliphatic carbocycles. The van der Waals surface area contributed by atoms with Gasteiger partial charge < -0.3 is 15.0 Å². The number of nitrogens with zero attached hydrogens (tertiary/aromatic N) is 1. The number of amides is 2. The van der Waals surface area contributed by atoms with Crippen LogP contribution in [0, 0.1) is 6.92 Å². The monoisotopic (exact) mass is 450 g/mol. The summed E-state index contributed by atoms with van der Waals surface area (Å²) in [4.78, 5) is 27.1. The van der Waals surface area contributed by atoms with Crippen molar-refractivity contribution < 1.29 is 14.3 Å². The Kier molecular flexibility index (Phi) is 9.47. The van der Waals surface area contributed by atoms with Gasteiger partial charge in [-0.25, -0.2) is 0 Å². The zero-order valence-electron chi connectivity index (χ0n) is 17.6. The van der Waals surface area contributed by atoms with Gasteiger partial charge in [-0.05, 0) is 50.1 Å². The van der Waals surface area contributed by atoms with E-state index in [1.54, 1.807) is 25.1 Å². The van der Waals surface area contributed by atoms with E-state index in [-0.39, 0.29) is 25.0 Å². The van der Waals surface area contributed by atoms with Gasteiger partial charge >= 0.3 is 0 Å². The molecule has 0 radical (unpaired) electrons. The van der Waals surface area contributed by atoms with Gasteiger partial charge in [0, 0.05) is 23.1 Å². The Hall–Kier alpha value is -2.24. The maximum atomic E-state index is 13.0. The van der Waals surface area contributed by atoms with Crippen LogP contribution in [0.2, 0.25) is 10.0 Å². The fourth-order valence-corrected chi connectivity index (χ4v) is 3.28. The largest absolute Gasteiger partial charge is 0.484 e. The minimum absolute atomic E-state index is 0.175. The van der Waals surface area contributed by atoms with Gasteiger partial charge in [0.25, 0.3) is 5.91 Å². The predicted molar refractivity (Wildman–Crippen MR) is 121 cm³/mol. The lowest BCUT2D eigenvalue weighted by Gasteiger charge is -2.29. The minimum atomic E-state index is -0.678. The summed E-state index contributed by atoms with van der Waals surface area (Å²) in [5.74, 6) is 0.0791.